The minimum atomic E-state index is -2.46. The minimum absolute atomic E-state index is 0.0254. The third-order valence-electron chi connectivity index (χ3n) is 7.47. The second-order valence-electron chi connectivity index (χ2n) is 10.3. The van der Waals surface area contributed by atoms with Gasteiger partial charge in [-0.1, -0.05) is 81.4 Å². The molecule has 2 saturated carbocycles. The fraction of sp³-hybridized carbons (Fsp3) is 0.520. The third kappa shape index (κ3) is 3.18. The van der Waals surface area contributed by atoms with Gasteiger partial charge in [0.1, 0.15) is 0 Å². The Hall–Kier alpha value is -1.42. The van der Waals surface area contributed by atoms with Gasteiger partial charge in [0.15, 0.2) is 0 Å². The van der Waals surface area contributed by atoms with Crippen molar-refractivity contribution in [2.24, 2.45) is 10.8 Å². The average Bonchev–Trinajstić information content (AvgIpc) is 3.26. The summed E-state index contributed by atoms with van der Waals surface area (Å²) in [6.07, 6.45) is 5.85. The highest BCUT2D eigenvalue weighted by molar-refractivity contribution is 6.99. The first kappa shape index (κ1) is 19.9. The van der Waals surface area contributed by atoms with Crippen molar-refractivity contribution in [1.82, 2.24) is 0 Å². The highest BCUT2D eigenvalue weighted by Gasteiger charge is 2.56. The monoisotopic (exact) mass is 394 g/mol. The summed E-state index contributed by atoms with van der Waals surface area (Å²) in [5.74, 6) is 0. The van der Waals surface area contributed by atoms with Gasteiger partial charge in [-0.05, 0) is 58.3 Å². The van der Waals surface area contributed by atoms with Crippen molar-refractivity contribution in [2.75, 3.05) is 13.2 Å². The fourth-order valence-electron chi connectivity index (χ4n) is 5.89. The number of aliphatic hydroxyl groups excluding tert-OH is 1. The lowest BCUT2D eigenvalue weighted by Crippen LogP contribution is -2.67. The highest BCUT2D eigenvalue weighted by Crippen LogP contribution is 2.61. The van der Waals surface area contributed by atoms with Crippen LogP contribution in [0.1, 0.15) is 52.9 Å². The number of hydrogen-bond donors (Lipinski definition) is 1. The van der Waals surface area contributed by atoms with Crippen molar-refractivity contribution in [2.45, 2.75) is 57.9 Å². The number of benzene rings is 2. The van der Waals surface area contributed by atoms with Crippen LogP contribution in [0, 0.1) is 10.8 Å². The van der Waals surface area contributed by atoms with Crippen LogP contribution >= 0.6 is 0 Å². The van der Waals surface area contributed by atoms with E-state index < -0.39 is 8.32 Å². The van der Waals surface area contributed by atoms with Gasteiger partial charge >= 0.3 is 0 Å². The van der Waals surface area contributed by atoms with Crippen molar-refractivity contribution in [3.8, 4) is 0 Å². The van der Waals surface area contributed by atoms with Crippen LogP contribution in [0.15, 0.2) is 60.7 Å². The highest BCUT2D eigenvalue weighted by atomic mass is 28.4. The Kier molecular flexibility index (Phi) is 5.05. The van der Waals surface area contributed by atoms with Gasteiger partial charge in [0.25, 0.3) is 8.32 Å². The lowest BCUT2D eigenvalue weighted by atomic mass is 9.83. The zero-order valence-corrected chi connectivity index (χ0v) is 18.6. The Balaban J connectivity index is 1.74. The first-order valence-corrected chi connectivity index (χ1v) is 12.6. The maximum atomic E-state index is 9.94. The number of hydrogen-bond acceptors (Lipinski definition) is 2. The Morgan fingerprint density at radius 3 is 1.68 bits per heavy atom. The molecule has 0 aliphatic heterocycles. The van der Waals surface area contributed by atoms with E-state index in [4.69, 9.17) is 4.43 Å². The summed E-state index contributed by atoms with van der Waals surface area (Å²) in [7, 11) is -2.46. The molecule has 2 aromatic rings. The SMILES string of the molecule is CC(C)(C)[Si](OCC12CCC(CO)(CC1)C2)(c1ccccc1)c1ccccc1. The minimum Gasteiger partial charge on any atom is -0.407 e. The Morgan fingerprint density at radius 1 is 0.821 bits per heavy atom. The molecule has 150 valence electrons. The topological polar surface area (TPSA) is 29.5 Å². The molecule has 2 aliphatic rings. The van der Waals surface area contributed by atoms with Gasteiger partial charge in [0.05, 0.1) is 0 Å². The molecular formula is C25H34O2Si. The van der Waals surface area contributed by atoms with E-state index >= 15 is 0 Å². The second kappa shape index (κ2) is 7.12. The van der Waals surface area contributed by atoms with Crippen molar-refractivity contribution in [3.05, 3.63) is 60.7 Å². The molecule has 2 nitrogen and oxygen atoms in total. The van der Waals surface area contributed by atoms with Crippen LogP contribution in [-0.4, -0.2) is 26.6 Å². The molecule has 28 heavy (non-hydrogen) atoms. The molecule has 0 amide bonds. The largest absolute Gasteiger partial charge is 0.407 e. The molecular weight excluding hydrogens is 360 g/mol. The summed E-state index contributed by atoms with van der Waals surface area (Å²) in [4.78, 5) is 0. The Morgan fingerprint density at radius 2 is 1.29 bits per heavy atom. The standard InChI is InChI=1S/C25H34O2Si/c1-23(2,3)28(21-10-6-4-7-11-21,22-12-8-5-9-13-22)27-20-25-16-14-24(18-25,19-26)15-17-25/h4-13,26H,14-20H2,1-3H3. The Labute approximate surface area is 171 Å². The van der Waals surface area contributed by atoms with Crippen LogP contribution in [0.3, 0.4) is 0 Å². The fourth-order valence-corrected chi connectivity index (χ4v) is 10.6. The lowest BCUT2D eigenvalue weighted by Gasteiger charge is -2.45. The predicted molar refractivity (Wildman–Crippen MR) is 119 cm³/mol. The summed E-state index contributed by atoms with van der Waals surface area (Å²) in [6.45, 7) is 8.20. The molecule has 2 bridgehead atoms. The van der Waals surface area contributed by atoms with Gasteiger partial charge < -0.3 is 9.53 Å². The van der Waals surface area contributed by atoms with Gasteiger partial charge in [0.2, 0.25) is 0 Å². The molecule has 1 N–H and O–H groups in total. The van der Waals surface area contributed by atoms with Gasteiger partial charge in [-0.3, -0.25) is 0 Å². The van der Waals surface area contributed by atoms with Crippen LogP contribution < -0.4 is 10.4 Å². The molecule has 0 spiro atoms. The molecule has 2 aliphatic carbocycles. The van der Waals surface area contributed by atoms with Gasteiger partial charge in [-0.25, -0.2) is 0 Å². The molecule has 2 aromatic carbocycles. The van der Waals surface area contributed by atoms with E-state index in [0.29, 0.717) is 6.61 Å². The number of aliphatic hydroxyl groups is 1. The van der Waals surface area contributed by atoms with Crippen molar-refractivity contribution >= 4 is 18.7 Å². The molecule has 3 heteroatoms. The van der Waals surface area contributed by atoms with Gasteiger partial charge in [0, 0.05) is 13.2 Å². The third-order valence-corrected chi connectivity index (χ3v) is 12.5. The zero-order valence-electron chi connectivity index (χ0n) is 17.6. The van der Waals surface area contributed by atoms with Gasteiger partial charge in [-0.15, -0.1) is 0 Å². The van der Waals surface area contributed by atoms with Crippen molar-refractivity contribution < 1.29 is 9.53 Å². The summed E-state index contributed by atoms with van der Waals surface area (Å²) in [5.41, 5.74) is 0.435. The molecule has 0 aromatic heterocycles. The van der Waals surface area contributed by atoms with E-state index in [0.717, 1.165) is 25.9 Å². The first-order chi connectivity index (χ1) is 13.3. The number of rotatable bonds is 6. The van der Waals surface area contributed by atoms with Crippen LogP contribution in [0.4, 0.5) is 0 Å². The predicted octanol–water partition coefficient (Wildman–Crippen LogP) is 4.51. The van der Waals surface area contributed by atoms with Crippen molar-refractivity contribution in [1.29, 1.82) is 0 Å². The van der Waals surface area contributed by atoms with E-state index in [-0.39, 0.29) is 15.9 Å². The Bertz CT molecular complexity index is 747. The van der Waals surface area contributed by atoms with Crippen LogP contribution in [-0.2, 0) is 4.43 Å². The lowest BCUT2D eigenvalue weighted by molar-refractivity contribution is 0.133. The zero-order chi connectivity index (χ0) is 19.9. The maximum Gasteiger partial charge on any atom is 0.261 e. The molecule has 0 atom stereocenters. The maximum absolute atomic E-state index is 9.94. The van der Waals surface area contributed by atoms with Crippen LogP contribution in [0.25, 0.3) is 0 Å². The molecule has 0 saturated heterocycles. The molecule has 0 heterocycles. The van der Waals surface area contributed by atoms with E-state index in [2.05, 4.69) is 81.4 Å². The molecule has 4 rings (SSSR count). The smallest absolute Gasteiger partial charge is 0.261 e. The van der Waals surface area contributed by atoms with Crippen LogP contribution in [0.5, 0.6) is 0 Å². The molecule has 0 radical (unpaired) electrons. The van der Waals surface area contributed by atoms with E-state index in [1.807, 2.05) is 0 Å². The molecule has 0 unspecified atom stereocenters. The first-order valence-electron chi connectivity index (χ1n) is 10.7. The van der Waals surface area contributed by atoms with E-state index in [1.165, 1.54) is 23.2 Å². The summed E-state index contributed by atoms with van der Waals surface area (Å²) >= 11 is 0. The van der Waals surface area contributed by atoms with Crippen molar-refractivity contribution in [3.63, 3.8) is 0 Å². The quantitative estimate of drug-likeness (QED) is 0.731. The van der Waals surface area contributed by atoms with Gasteiger partial charge in [-0.2, -0.15) is 0 Å². The van der Waals surface area contributed by atoms with E-state index in [1.54, 1.807) is 0 Å². The average molecular weight is 395 g/mol. The summed E-state index contributed by atoms with van der Waals surface area (Å²) in [6, 6.07) is 21.9. The van der Waals surface area contributed by atoms with E-state index in [9.17, 15) is 5.11 Å². The molecule has 2 fully saturated rings. The second-order valence-corrected chi connectivity index (χ2v) is 14.6. The number of fused-ring (bicyclic) bond motifs is 2. The summed E-state index contributed by atoms with van der Waals surface area (Å²) < 4.78 is 7.22. The van der Waals surface area contributed by atoms with Crippen LogP contribution in [0.2, 0.25) is 5.04 Å². The normalized spacial score (nSPS) is 27.3. The summed E-state index contributed by atoms with van der Waals surface area (Å²) in [5, 5.41) is 12.7.